The number of hydrogen-bond donors (Lipinski definition) is 0. The van der Waals surface area contributed by atoms with E-state index in [0.29, 0.717) is 8.58 Å². The summed E-state index contributed by atoms with van der Waals surface area (Å²) < 4.78 is 5.14. The molecule has 0 aliphatic carbocycles. The van der Waals surface area contributed by atoms with Gasteiger partial charge in [0.05, 0.1) is 7.11 Å². The Morgan fingerprint density at radius 1 is 0.955 bits per heavy atom. The van der Waals surface area contributed by atoms with Gasteiger partial charge in [-0.05, 0) is 67.6 Å². The maximum Gasteiger partial charge on any atom is 1.00 e. The molecule has 2 nitrogen and oxygen atoms in total. The van der Waals surface area contributed by atoms with Crippen molar-refractivity contribution in [2.75, 3.05) is 7.11 Å². The molecule has 2 aromatic rings. The van der Waals surface area contributed by atoms with Gasteiger partial charge in [-0.1, -0.05) is 18.2 Å². The number of ether oxygens (including phenoxy) is 1. The van der Waals surface area contributed by atoms with E-state index >= 15 is 0 Å². The van der Waals surface area contributed by atoms with Crippen LogP contribution in [0.2, 0.25) is 0 Å². The van der Waals surface area contributed by atoms with E-state index in [1.165, 1.54) is 11.1 Å². The third kappa shape index (κ3) is 4.02. The second-order valence-electron chi connectivity index (χ2n) is 5.25. The summed E-state index contributed by atoms with van der Waals surface area (Å²) >= 11 is 0. The monoisotopic (exact) mass is 306 g/mol. The summed E-state index contributed by atoms with van der Waals surface area (Å²) in [5.41, 5.74) is 5.60. The first-order valence-corrected chi connectivity index (χ1v) is 7.81. The van der Waals surface area contributed by atoms with Crippen LogP contribution in [0, 0.1) is 27.7 Å². The largest absolute Gasteiger partial charge is 1.00 e. The van der Waals surface area contributed by atoms with Crippen LogP contribution in [0.3, 0.4) is 0 Å². The molecule has 0 aromatic heterocycles. The Bertz CT molecular complexity index is 678. The van der Waals surface area contributed by atoms with Crippen LogP contribution < -0.4 is 28.9 Å². The van der Waals surface area contributed by atoms with Crippen molar-refractivity contribution < 1.29 is 28.4 Å². The van der Waals surface area contributed by atoms with Gasteiger partial charge in [0.2, 0.25) is 0 Å². The van der Waals surface area contributed by atoms with Crippen molar-refractivity contribution in [3.8, 4) is 5.75 Å². The maximum atomic E-state index is 12.6. The second-order valence-corrected chi connectivity index (χ2v) is 6.40. The molecular weight excluding hydrogens is 286 g/mol. The summed E-state index contributed by atoms with van der Waals surface area (Å²) in [6, 6.07) is 9.73. The molecule has 0 saturated carbocycles. The predicted molar refractivity (Wildman–Crippen MR) is 89.3 cm³/mol. The Morgan fingerprint density at radius 2 is 1.55 bits per heavy atom. The molecule has 0 fully saturated rings. The smallest absolute Gasteiger partial charge is 0.497 e. The van der Waals surface area contributed by atoms with Gasteiger partial charge < -0.3 is 18.1 Å². The Morgan fingerprint density at radius 3 is 2.09 bits per heavy atom. The third-order valence-electron chi connectivity index (χ3n) is 3.87. The van der Waals surface area contributed by atoms with Gasteiger partial charge in [0.1, 0.15) is 5.75 Å². The Kier molecular flexibility index (Phi) is 6.88. The summed E-state index contributed by atoms with van der Waals surface area (Å²) in [5.74, 6) is 0.806. The first-order chi connectivity index (χ1) is 9.93. The normalized spacial score (nSPS) is 10.6. The molecule has 0 heterocycles. The molecule has 0 bridgehead atoms. The average Bonchev–Trinajstić information content (AvgIpc) is 2.45. The van der Waals surface area contributed by atoms with E-state index in [1.807, 2.05) is 38.1 Å². The molecule has 2 rings (SSSR count). The Hall–Kier alpha value is -1.06. The number of rotatable bonds is 4. The molecule has 0 spiro atoms. The van der Waals surface area contributed by atoms with Crippen LogP contribution in [0.1, 0.15) is 32.6 Å². The number of benzene rings is 2. The first kappa shape index (κ1) is 19.0. The summed E-state index contributed by atoms with van der Waals surface area (Å²) in [7, 11) is 2.34. The number of carbonyl (C=O) groups excluding carboxylic acids is 1. The van der Waals surface area contributed by atoms with Crippen LogP contribution in [0.4, 0.5) is 0 Å². The molecule has 0 radical (unpaired) electrons. The average molecular weight is 306 g/mol. The maximum absolute atomic E-state index is 12.6. The number of hydrogen-bond acceptors (Lipinski definition) is 2. The van der Waals surface area contributed by atoms with E-state index in [2.05, 4.69) is 19.9 Å². The van der Waals surface area contributed by atoms with Crippen molar-refractivity contribution in [3.05, 3.63) is 58.1 Å². The number of methoxy groups -OCH3 is 1. The molecule has 0 amide bonds. The molecule has 0 atom stereocenters. The van der Waals surface area contributed by atoms with Crippen LogP contribution in [0.15, 0.2) is 30.3 Å². The summed E-state index contributed by atoms with van der Waals surface area (Å²) in [6.45, 7) is 8.21. The van der Waals surface area contributed by atoms with Crippen LogP contribution in [0.25, 0.3) is 0 Å². The van der Waals surface area contributed by atoms with Crippen molar-refractivity contribution >= 4 is 19.4 Å². The van der Waals surface area contributed by atoms with Crippen molar-refractivity contribution in [3.63, 3.8) is 0 Å². The minimum absolute atomic E-state index is 0. The van der Waals surface area contributed by atoms with Crippen molar-refractivity contribution in [1.82, 2.24) is 0 Å². The molecule has 0 aliphatic rings. The van der Waals surface area contributed by atoms with Gasteiger partial charge >= 0.3 is 18.9 Å². The molecule has 2 aromatic carbocycles. The molecule has 0 aliphatic heterocycles. The fourth-order valence-electron chi connectivity index (χ4n) is 2.44. The van der Waals surface area contributed by atoms with Crippen LogP contribution >= 0.6 is 8.58 Å². The van der Waals surface area contributed by atoms with Gasteiger partial charge in [-0.15, -0.1) is 0 Å². The fraction of sp³-hybridized carbons (Fsp3) is 0.278. The molecule has 0 unspecified atom stereocenters. The fourth-order valence-corrected chi connectivity index (χ4v) is 3.43. The van der Waals surface area contributed by atoms with Gasteiger partial charge in [-0.2, -0.15) is 5.30 Å². The van der Waals surface area contributed by atoms with E-state index in [9.17, 15) is 4.79 Å². The third-order valence-corrected chi connectivity index (χ3v) is 4.86. The van der Waals surface area contributed by atoms with Crippen LogP contribution in [-0.4, -0.2) is 12.6 Å². The molecule has 22 heavy (non-hydrogen) atoms. The van der Waals surface area contributed by atoms with E-state index in [4.69, 9.17) is 4.74 Å². The van der Waals surface area contributed by atoms with E-state index in [-0.39, 0.29) is 24.4 Å². The van der Waals surface area contributed by atoms with Crippen molar-refractivity contribution in [2.24, 2.45) is 0 Å². The van der Waals surface area contributed by atoms with Gasteiger partial charge in [0.25, 0.3) is 0 Å². The van der Waals surface area contributed by atoms with E-state index in [0.717, 1.165) is 27.7 Å². The van der Waals surface area contributed by atoms with Crippen molar-refractivity contribution in [2.45, 2.75) is 27.7 Å². The van der Waals surface area contributed by atoms with Gasteiger partial charge in [0.15, 0.2) is 0 Å². The predicted octanol–water partition coefficient (Wildman–Crippen LogP) is 1.34. The SMILES string of the molecule is COc1ccc([P-]C(=O)c2c(C)cc(C)c(C)c2C)cc1.[Li+]. The van der Waals surface area contributed by atoms with Gasteiger partial charge in [-0.3, -0.25) is 0 Å². The standard InChI is InChI=1S/C18H20O2P.Li/c1-11-10-12(2)17(14(4)13(11)3)18(19)21-16-8-6-15(20-5)7-9-16;/h6-10H,1-5H3;/q-1;+1. The zero-order chi connectivity index (χ0) is 15.6. The molecule has 110 valence electrons. The van der Waals surface area contributed by atoms with Gasteiger partial charge in [0, 0.05) is 5.52 Å². The summed E-state index contributed by atoms with van der Waals surface area (Å²) in [6.07, 6.45) is 0. The minimum atomic E-state index is 0. The summed E-state index contributed by atoms with van der Waals surface area (Å²) in [5, 5.41) is 0.984. The molecular formula is C18H20LiO2P. The zero-order valence-corrected chi connectivity index (χ0v) is 15.0. The number of carbonyl (C=O) groups is 1. The van der Waals surface area contributed by atoms with E-state index < -0.39 is 0 Å². The quantitative estimate of drug-likeness (QED) is 0.629. The van der Waals surface area contributed by atoms with Crippen LogP contribution in [0.5, 0.6) is 5.75 Å². The molecule has 4 heteroatoms. The van der Waals surface area contributed by atoms with Gasteiger partial charge in [-0.25, -0.2) is 0 Å². The molecule has 0 saturated heterocycles. The Labute approximate surface area is 146 Å². The van der Waals surface area contributed by atoms with Crippen molar-refractivity contribution in [1.29, 1.82) is 0 Å². The number of aryl methyl sites for hydroxylation is 2. The van der Waals surface area contributed by atoms with Crippen LogP contribution in [-0.2, 0) is 0 Å². The molecule has 0 N–H and O–H groups in total. The summed E-state index contributed by atoms with van der Waals surface area (Å²) in [4.78, 5) is 12.6. The minimum Gasteiger partial charge on any atom is -0.497 e. The topological polar surface area (TPSA) is 26.3 Å². The second kappa shape index (κ2) is 7.98. The van der Waals surface area contributed by atoms with E-state index in [1.54, 1.807) is 7.11 Å². The Balaban J connectivity index is 0.00000242. The first-order valence-electron chi connectivity index (χ1n) is 6.91. The zero-order valence-electron chi connectivity index (χ0n) is 14.2.